The first-order valence-corrected chi connectivity index (χ1v) is 13.8. The van der Waals surface area contributed by atoms with E-state index in [9.17, 15) is 4.79 Å². The van der Waals surface area contributed by atoms with Crippen LogP contribution in [-0.4, -0.2) is 21.7 Å². The van der Waals surface area contributed by atoms with Crippen molar-refractivity contribution in [1.29, 1.82) is 0 Å². The number of carbonyl (C=O) groups excluding carboxylic acids is 1. The van der Waals surface area contributed by atoms with Crippen LogP contribution in [0.15, 0.2) is 42.5 Å². The predicted octanol–water partition coefficient (Wildman–Crippen LogP) is 8.65. The molecule has 37 heavy (non-hydrogen) atoms. The van der Waals surface area contributed by atoms with Crippen LogP contribution in [0.2, 0.25) is 15.1 Å². The van der Waals surface area contributed by atoms with E-state index in [1.807, 2.05) is 44.2 Å². The molecule has 0 spiro atoms. The Kier molecular flexibility index (Phi) is 6.75. The van der Waals surface area contributed by atoms with Crippen molar-refractivity contribution in [3.8, 4) is 5.69 Å². The van der Waals surface area contributed by atoms with Gasteiger partial charge >= 0.3 is 0 Å². The zero-order valence-corrected chi connectivity index (χ0v) is 24.1. The monoisotopic (exact) mass is 555 g/mol. The molecule has 0 aliphatic heterocycles. The number of allylic oxidation sites excluding steroid dienone is 1. The van der Waals surface area contributed by atoms with Crippen LogP contribution >= 0.6 is 34.8 Å². The third-order valence-electron chi connectivity index (χ3n) is 8.65. The van der Waals surface area contributed by atoms with Crippen LogP contribution in [0.4, 0.5) is 0 Å². The first-order chi connectivity index (χ1) is 17.4. The molecular formula is C30H32Cl3N3O. The van der Waals surface area contributed by atoms with E-state index in [0.29, 0.717) is 32.4 Å². The van der Waals surface area contributed by atoms with E-state index in [0.717, 1.165) is 35.2 Å². The number of hydrogen-bond acceptors (Lipinski definition) is 2. The molecule has 3 aromatic rings. The van der Waals surface area contributed by atoms with Crippen molar-refractivity contribution in [2.75, 3.05) is 0 Å². The summed E-state index contributed by atoms with van der Waals surface area (Å²) >= 11 is 18.9. The van der Waals surface area contributed by atoms with Crippen LogP contribution in [0.3, 0.4) is 0 Å². The lowest BCUT2D eigenvalue weighted by Gasteiger charge is -2.43. The van der Waals surface area contributed by atoms with Gasteiger partial charge in [0.25, 0.3) is 5.91 Å². The number of amides is 1. The Labute approximate surface area is 234 Å². The lowest BCUT2D eigenvalue weighted by molar-refractivity contribution is 0.0732. The summed E-state index contributed by atoms with van der Waals surface area (Å²) in [4.78, 5) is 13.8. The number of hydrogen-bond donors (Lipinski definition) is 1. The van der Waals surface area contributed by atoms with Gasteiger partial charge in [-0.2, -0.15) is 5.10 Å². The average molecular weight is 557 g/mol. The fraction of sp³-hybridized carbons (Fsp3) is 0.400. The summed E-state index contributed by atoms with van der Waals surface area (Å²) in [6, 6.07) is 13.0. The molecule has 2 aliphatic carbocycles. The molecule has 2 aromatic carbocycles. The predicted molar refractivity (Wildman–Crippen MR) is 154 cm³/mol. The van der Waals surface area contributed by atoms with Gasteiger partial charge in [0.2, 0.25) is 0 Å². The summed E-state index contributed by atoms with van der Waals surface area (Å²) in [5, 5.41) is 9.92. The smallest absolute Gasteiger partial charge is 0.272 e. The van der Waals surface area contributed by atoms with Crippen molar-refractivity contribution in [3.63, 3.8) is 0 Å². The van der Waals surface area contributed by atoms with Crippen LogP contribution in [0.1, 0.15) is 74.3 Å². The highest BCUT2D eigenvalue weighted by Gasteiger charge is 2.59. The van der Waals surface area contributed by atoms with Crippen molar-refractivity contribution in [3.05, 3.63) is 80.0 Å². The lowest BCUT2D eigenvalue weighted by atomic mass is 9.68. The Morgan fingerprint density at radius 3 is 2.38 bits per heavy atom. The van der Waals surface area contributed by atoms with Gasteiger partial charge in [-0.25, -0.2) is 4.68 Å². The maximum Gasteiger partial charge on any atom is 0.272 e. The first kappa shape index (κ1) is 26.3. The molecule has 2 bridgehead atoms. The van der Waals surface area contributed by atoms with Crippen LogP contribution in [0, 0.1) is 23.7 Å². The van der Waals surface area contributed by atoms with Crippen molar-refractivity contribution in [1.82, 2.24) is 15.1 Å². The molecule has 4 nitrogen and oxygen atoms in total. The molecule has 0 saturated heterocycles. The van der Waals surface area contributed by atoms with E-state index < -0.39 is 0 Å². The number of aromatic nitrogens is 2. The SMILES string of the molecule is C/C(=C\c1ccc(Cl)cc1)c1c(C)c(C(=O)N[C@@H]2C(C)(C)[C@H]3CC[C@]2(C)C3)nn1-c1ccc(Cl)cc1Cl. The van der Waals surface area contributed by atoms with Gasteiger partial charge < -0.3 is 5.32 Å². The fourth-order valence-corrected chi connectivity index (χ4v) is 7.36. The van der Waals surface area contributed by atoms with E-state index in [2.05, 4.69) is 32.2 Å². The second-order valence-corrected chi connectivity index (χ2v) is 12.8. The standard InChI is InChI=1S/C30H32Cl3N3O/c1-17(14-19-6-8-21(31)9-7-19)26-18(2)25(35-36(26)24-11-10-22(32)15-23(24)33)27(37)34-28-29(3,4)20-12-13-30(28,5)16-20/h6-11,14-15,20,28H,12-13,16H2,1-5H3,(H,34,37)/b17-14+/t20-,28+,30+/m0/s1. The van der Waals surface area contributed by atoms with Crippen molar-refractivity contribution in [2.24, 2.45) is 16.7 Å². The highest BCUT2D eigenvalue weighted by atomic mass is 35.5. The van der Waals surface area contributed by atoms with Gasteiger partial charge in [-0.05, 0) is 97.4 Å². The van der Waals surface area contributed by atoms with E-state index in [1.165, 1.54) is 6.42 Å². The van der Waals surface area contributed by atoms with E-state index in [-0.39, 0.29) is 22.8 Å². The van der Waals surface area contributed by atoms with Crippen molar-refractivity contribution >= 4 is 52.4 Å². The number of halogens is 3. The molecule has 3 atom stereocenters. The van der Waals surface area contributed by atoms with Crippen LogP contribution in [0.5, 0.6) is 0 Å². The molecule has 1 heterocycles. The summed E-state index contributed by atoms with van der Waals surface area (Å²) in [6.45, 7) is 10.9. The molecule has 2 aliphatic rings. The Balaban J connectivity index is 1.58. The summed E-state index contributed by atoms with van der Waals surface area (Å²) in [5.74, 6) is 0.489. The molecule has 0 radical (unpaired) electrons. The molecular weight excluding hydrogens is 525 g/mol. The van der Waals surface area contributed by atoms with Gasteiger partial charge in [-0.3, -0.25) is 4.79 Å². The summed E-state index contributed by atoms with van der Waals surface area (Å²) < 4.78 is 1.76. The minimum atomic E-state index is -0.145. The largest absolute Gasteiger partial charge is 0.347 e. The van der Waals surface area contributed by atoms with E-state index >= 15 is 0 Å². The van der Waals surface area contributed by atoms with E-state index in [1.54, 1.807) is 16.8 Å². The molecule has 2 fully saturated rings. The quantitative estimate of drug-likeness (QED) is 0.342. The zero-order chi connectivity index (χ0) is 26.7. The van der Waals surface area contributed by atoms with Gasteiger partial charge in [-0.1, -0.05) is 67.7 Å². The molecule has 1 amide bonds. The molecule has 5 rings (SSSR count). The Bertz CT molecular complexity index is 1400. The highest BCUT2D eigenvalue weighted by molar-refractivity contribution is 6.35. The van der Waals surface area contributed by atoms with Gasteiger partial charge in [0, 0.05) is 21.7 Å². The van der Waals surface area contributed by atoms with Gasteiger partial charge in [0.05, 0.1) is 16.4 Å². The number of rotatable bonds is 5. The maximum atomic E-state index is 13.8. The normalized spacial score (nSPS) is 24.5. The van der Waals surface area contributed by atoms with Crippen molar-refractivity contribution in [2.45, 2.75) is 59.9 Å². The minimum absolute atomic E-state index is 0.0475. The molecule has 2 saturated carbocycles. The zero-order valence-electron chi connectivity index (χ0n) is 21.8. The minimum Gasteiger partial charge on any atom is -0.347 e. The second kappa shape index (κ2) is 9.48. The van der Waals surface area contributed by atoms with Crippen LogP contribution in [-0.2, 0) is 0 Å². The Hall–Kier alpha value is -2.27. The summed E-state index contributed by atoms with van der Waals surface area (Å²) in [7, 11) is 0. The second-order valence-electron chi connectivity index (χ2n) is 11.5. The highest BCUT2D eigenvalue weighted by Crippen LogP contribution is 2.62. The number of benzene rings is 2. The Morgan fingerprint density at radius 1 is 1.08 bits per heavy atom. The fourth-order valence-electron chi connectivity index (χ4n) is 6.74. The number of nitrogens with one attached hydrogen (secondary N) is 1. The summed E-state index contributed by atoms with van der Waals surface area (Å²) in [6.07, 6.45) is 5.60. The van der Waals surface area contributed by atoms with Gasteiger partial charge in [0.1, 0.15) is 0 Å². The van der Waals surface area contributed by atoms with Crippen LogP contribution < -0.4 is 5.32 Å². The summed E-state index contributed by atoms with van der Waals surface area (Å²) in [5.41, 5.74) is 4.81. The molecule has 1 N–H and O–H groups in total. The third kappa shape index (κ3) is 4.62. The number of nitrogens with zero attached hydrogens (tertiary/aromatic N) is 2. The molecule has 7 heteroatoms. The van der Waals surface area contributed by atoms with Crippen molar-refractivity contribution < 1.29 is 4.79 Å². The molecule has 194 valence electrons. The van der Waals surface area contributed by atoms with E-state index in [4.69, 9.17) is 39.9 Å². The first-order valence-electron chi connectivity index (χ1n) is 12.7. The molecule has 1 aromatic heterocycles. The van der Waals surface area contributed by atoms with Crippen LogP contribution in [0.25, 0.3) is 17.3 Å². The Morgan fingerprint density at radius 2 is 1.76 bits per heavy atom. The topological polar surface area (TPSA) is 46.9 Å². The molecule has 0 unspecified atom stereocenters. The third-order valence-corrected chi connectivity index (χ3v) is 9.44. The average Bonchev–Trinajstić information content (AvgIpc) is 3.44. The van der Waals surface area contributed by atoms with Gasteiger partial charge in [0.15, 0.2) is 5.69 Å². The lowest BCUT2D eigenvalue weighted by Crippen LogP contribution is -2.52. The maximum absolute atomic E-state index is 13.8. The number of fused-ring (bicyclic) bond motifs is 2. The van der Waals surface area contributed by atoms with Gasteiger partial charge in [-0.15, -0.1) is 0 Å². The number of carbonyl (C=O) groups is 1.